The third kappa shape index (κ3) is 2.78. The summed E-state index contributed by atoms with van der Waals surface area (Å²) in [5.41, 5.74) is 0.790. The van der Waals surface area contributed by atoms with Crippen molar-refractivity contribution < 1.29 is 0 Å². The van der Waals surface area contributed by atoms with Gasteiger partial charge in [-0.3, -0.25) is 4.90 Å². The lowest BCUT2D eigenvalue weighted by Crippen LogP contribution is -2.48. The van der Waals surface area contributed by atoms with Crippen LogP contribution in [0.25, 0.3) is 0 Å². The summed E-state index contributed by atoms with van der Waals surface area (Å²) in [5, 5.41) is 14.1. The van der Waals surface area contributed by atoms with Gasteiger partial charge in [-0.15, -0.1) is 11.3 Å². The Kier molecular flexibility index (Phi) is 3.37. The number of hydrogen-bond acceptors (Lipinski definition) is 4. The number of rotatable bonds is 2. The molecule has 0 bridgehead atoms. The highest BCUT2D eigenvalue weighted by Gasteiger charge is 2.15. The van der Waals surface area contributed by atoms with Gasteiger partial charge in [-0.25, -0.2) is 0 Å². The highest BCUT2D eigenvalue weighted by molar-refractivity contribution is 7.10. The summed E-state index contributed by atoms with van der Waals surface area (Å²) < 4.78 is 0. The van der Waals surface area contributed by atoms with Crippen molar-refractivity contribution in [2.45, 2.75) is 19.5 Å². The van der Waals surface area contributed by atoms with Crippen LogP contribution >= 0.6 is 11.3 Å². The minimum atomic E-state index is 0.578. The van der Waals surface area contributed by atoms with Gasteiger partial charge in [0, 0.05) is 42.5 Å². The first-order chi connectivity index (χ1) is 7.28. The van der Waals surface area contributed by atoms with Crippen LogP contribution in [0.2, 0.25) is 0 Å². The van der Waals surface area contributed by atoms with E-state index in [9.17, 15) is 0 Å². The fourth-order valence-electron chi connectivity index (χ4n) is 1.90. The molecule has 1 aromatic heterocycles. The highest BCUT2D eigenvalue weighted by Crippen LogP contribution is 2.16. The first-order valence-corrected chi connectivity index (χ1v) is 6.09. The van der Waals surface area contributed by atoms with Crippen molar-refractivity contribution in [3.05, 3.63) is 21.9 Å². The fraction of sp³-hybridized carbons (Fsp3) is 0.545. The summed E-state index contributed by atoms with van der Waals surface area (Å²) in [6.07, 6.45) is 0. The van der Waals surface area contributed by atoms with Crippen LogP contribution in [0.1, 0.15) is 17.4 Å². The topological polar surface area (TPSA) is 39.1 Å². The third-order valence-electron chi connectivity index (χ3n) is 2.62. The van der Waals surface area contributed by atoms with Crippen LogP contribution in [0, 0.1) is 11.3 Å². The number of piperazine rings is 1. The van der Waals surface area contributed by atoms with E-state index < -0.39 is 0 Å². The number of nitriles is 1. The van der Waals surface area contributed by atoms with Gasteiger partial charge in [0.2, 0.25) is 0 Å². The molecule has 2 rings (SSSR count). The van der Waals surface area contributed by atoms with Crippen molar-refractivity contribution in [1.82, 2.24) is 10.2 Å². The van der Waals surface area contributed by atoms with Crippen molar-refractivity contribution in [1.29, 1.82) is 5.26 Å². The molecule has 1 N–H and O–H groups in total. The first kappa shape index (κ1) is 10.6. The van der Waals surface area contributed by atoms with E-state index in [1.54, 1.807) is 11.3 Å². The average Bonchev–Trinajstić information content (AvgIpc) is 2.65. The lowest BCUT2D eigenvalue weighted by Gasteiger charge is -2.31. The third-order valence-corrected chi connectivity index (χ3v) is 3.54. The molecule has 1 aromatic rings. The quantitative estimate of drug-likeness (QED) is 0.821. The Labute approximate surface area is 94.3 Å². The standard InChI is InChI=1S/C11H15N3S/c1-9-6-14(3-2-13-9)7-11-4-10(5-12)8-15-11/h4,8-9,13H,2-3,6-7H2,1H3. The van der Waals surface area contributed by atoms with E-state index in [2.05, 4.69) is 23.2 Å². The van der Waals surface area contributed by atoms with E-state index in [1.807, 2.05) is 11.4 Å². The molecule has 0 aromatic carbocycles. The smallest absolute Gasteiger partial charge is 0.100 e. The highest BCUT2D eigenvalue weighted by atomic mass is 32.1. The van der Waals surface area contributed by atoms with Gasteiger partial charge in [0.1, 0.15) is 6.07 Å². The molecule has 0 radical (unpaired) electrons. The molecule has 0 spiro atoms. The maximum Gasteiger partial charge on any atom is 0.100 e. The maximum atomic E-state index is 8.73. The predicted octanol–water partition coefficient (Wildman–Crippen LogP) is 1.41. The van der Waals surface area contributed by atoms with Gasteiger partial charge in [-0.2, -0.15) is 5.26 Å². The number of nitrogens with zero attached hydrogens (tertiary/aromatic N) is 2. The summed E-state index contributed by atoms with van der Waals surface area (Å²) >= 11 is 1.68. The minimum absolute atomic E-state index is 0.578. The summed E-state index contributed by atoms with van der Waals surface area (Å²) in [6.45, 7) is 6.46. The molecular weight excluding hydrogens is 206 g/mol. The summed E-state index contributed by atoms with van der Waals surface area (Å²) in [4.78, 5) is 3.73. The van der Waals surface area contributed by atoms with Gasteiger partial charge in [0.15, 0.2) is 0 Å². The van der Waals surface area contributed by atoms with E-state index in [1.165, 1.54) is 4.88 Å². The molecule has 80 valence electrons. The van der Waals surface area contributed by atoms with Crippen LogP contribution in [0.4, 0.5) is 0 Å². The zero-order valence-corrected chi connectivity index (χ0v) is 9.68. The molecule has 1 fully saturated rings. The van der Waals surface area contributed by atoms with Crippen molar-refractivity contribution >= 4 is 11.3 Å². The average molecular weight is 221 g/mol. The zero-order valence-electron chi connectivity index (χ0n) is 8.86. The molecule has 1 atom stereocenters. The molecule has 2 heterocycles. The number of thiophene rings is 1. The fourth-order valence-corrected chi connectivity index (χ4v) is 2.75. The molecule has 0 amide bonds. The number of nitrogens with one attached hydrogen (secondary N) is 1. The molecule has 0 saturated carbocycles. The first-order valence-electron chi connectivity index (χ1n) is 5.21. The van der Waals surface area contributed by atoms with Gasteiger partial charge in [0.25, 0.3) is 0 Å². The maximum absolute atomic E-state index is 8.73. The van der Waals surface area contributed by atoms with Gasteiger partial charge in [-0.1, -0.05) is 0 Å². The molecule has 4 heteroatoms. The largest absolute Gasteiger partial charge is 0.312 e. The molecule has 15 heavy (non-hydrogen) atoms. The molecule has 0 aliphatic carbocycles. The Balaban J connectivity index is 1.93. The molecular formula is C11H15N3S. The second-order valence-corrected chi connectivity index (χ2v) is 5.00. The van der Waals surface area contributed by atoms with Crippen LogP contribution in [-0.2, 0) is 6.54 Å². The summed E-state index contributed by atoms with van der Waals surface area (Å²) in [6, 6.07) is 4.75. The van der Waals surface area contributed by atoms with E-state index >= 15 is 0 Å². The Morgan fingerprint density at radius 2 is 2.60 bits per heavy atom. The Hall–Kier alpha value is -0.890. The Bertz CT molecular complexity index is 366. The SMILES string of the molecule is CC1CN(Cc2cc(C#N)cs2)CCN1. The van der Waals surface area contributed by atoms with Crippen LogP contribution < -0.4 is 5.32 Å². The summed E-state index contributed by atoms with van der Waals surface area (Å²) in [7, 11) is 0. The molecule has 1 saturated heterocycles. The van der Waals surface area contributed by atoms with E-state index in [4.69, 9.17) is 5.26 Å². The van der Waals surface area contributed by atoms with Crippen molar-refractivity contribution in [2.24, 2.45) is 0 Å². The minimum Gasteiger partial charge on any atom is -0.312 e. The molecule has 1 aliphatic rings. The Morgan fingerprint density at radius 3 is 3.27 bits per heavy atom. The normalized spacial score (nSPS) is 22.5. The van der Waals surface area contributed by atoms with E-state index in [-0.39, 0.29) is 0 Å². The van der Waals surface area contributed by atoms with Crippen LogP contribution in [0.3, 0.4) is 0 Å². The molecule has 1 aliphatic heterocycles. The van der Waals surface area contributed by atoms with Crippen LogP contribution in [0.5, 0.6) is 0 Å². The van der Waals surface area contributed by atoms with E-state index in [0.717, 1.165) is 31.7 Å². The van der Waals surface area contributed by atoms with Gasteiger partial charge >= 0.3 is 0 Å². The lowest BCUT2D eigenvalue weighted by molar-refractivity contribution is 0.201. The van der Waals surface area contributed by atoms with Crippen LogP contribution in [-0.4, -0.2) is 30.6 Å². The van der Waals surface area contributed by atoms with Crippen molar-refractivity contribution in [3.8, 4) is 6.07 Å². The second kappa shape index (κ2) is 4.75. The van der Waals surface area contributed by atoms with E-state index in [0.29, 0.717) is 6.04 Å². The van der Waals surface area contributed by atoms with Gasteiger partial charge < -0.3 is 5.32 Å². The Morgan fingerprint density at radius 1 is 1.73 bits per heavy atom. The lowest BCUT2D eigenvalue weighted by atomic mass is 10.2. The zero-order chi connectivity index (χ0) is 10.7. The molecule has 1 unspecified atom stereocenters. The van der Waals surface area contributed by atoms with Crippen LogP contribution in [0.15, 0.2) is 11.4 Å². The van der Waals surface area contributed by atoms with Crippen molar-refractivity contribution in [3.63, 3.8) is 0 Å². The summed E-state index contributed by atoms with van der Waals surface area (Å²) in [5.74, 6) is 0. The molecule has 3 nitrogen and oxygen atoms in total. The number of hydrogen-bond donors (Lipinski definition) is 1. The van der Waals surface area contributed by atoms with Gasteiger partial charge in [0.05, 0.1) is 5.56 Å². The predicted molar refractivity (Wildman–Crippen MR) is 61.8 cm³/mol. The van der Waals surface area contributed by atoms with Gasteiger partial charge in [-0.05, 0) is 13.0 Å². The van der Waals surface area contributed by atoms with Crippen molar-refractivity contribution in [2.75, 3.05) is 19.6 Å². The monoisotopic (exact) mass is 221 g/mol. The second-order valence-electron chi connectivity index (χ2n) is 4.00.